The van der Waals surface area contributed by atoms with Crippen LogP contribution < -0.4 is 0 Å². The van der Waals surface area contributed by atoms with Crippen molar-refractivity contribution in [2.45, 2.75) is 24.7 Å². The van der Waals surface area contributed by atoms with Gasteiger partial charge in [0.1, 0.15) is 12.2 Å². The van der Waals surface area contributed by atoms with Gasteiger partial charge in [-0.05, 0) is 29.8 Å². The third-order valence-corrected chi connectivity index (χ3v) is 4.81. The number of aliphatic carboxylic acids is 1. The normalized spacial score (nSPS) is 20.2. The van der Waals surface area contributed by atoms with Gasteiger partial charge in [0.05, 0.1) is 5.56 Å². The lowest BCUT2D eigenvalue weighted by molar-refractivity contribution is -0.154. The molecular weight excluding hydrogens is 436 g/mol. The average Bonchev–Trinajstić information content (AvgIpc) is 2.78. The minimum atomic E-state index is -1.59. The van der Waals surface area contributed by atoms with E-state index in [0.717, 1.165) is 29.8 Å². The number of esters is 2. The first-order valence-corrected chi connectivity index (χ1v) is 9.67. The van der Waals surface area contributed by atoms with Crippen molar-refractivity contribution in [3.8, 4) is 17.2 Å². The van der Waals surface area contributed by atoms with Crippen molar-refractivity contribution in [3.05, 3.63) is 71.3 Å². The van der Waals surface area contributed by atoms with Crippen molar-refractivity contribution < 1.29 is 49.4 Å². The number of phenols is 3. The zero-order chi connectivity index (χ0) is 24.1. The SMILES string of the molecule is O=C(C=Cc1ccccc1)O[C@@H]1CC(C(=O)O)=C[C@@H](OC(=O)c2cc(O)c(O)c(O)c2)[C@@H]1O. The highest BCUT2D eigenvalue weighted by Gasteiger charge is 2.38. The first kappa shape index (κ1) is 23.4. The Morgan fingerprint density at radius 3 is 2.21 bits per heavy atom. The Hall–Kier alpha value is -4.31. The Kier molecular flexibility index (Phi) is 6.99. The van der Waals surface area contributed by atoms with E-state index in [0.29, 0.717) is 0 Å². The van der Waals surface area contributed by atoms with Gasteiger partial charge in [-0.1, -0.05) is 30.3 Å². The number of carboxylic acids is 1. The standard InChI is InChI=1S/C23H20O10/c24-15-8-14(9-16(25)20(15)27)23(31)33-18-11-13(22(29)30)10-17(21(18)28)32-19(26)7-6-12-4-2-1-3-5-12/h1-9,11,17-18,21,24-25,27-28H,10H2,(H,29,30)/t17-,18-,21-/m1/s1. The Morgan fingerprint density at radius 1 is 0.970 bits per heavy atom. The topological polar surface area (TPSA) is 171 Å². The van der Waals surface area contributed by atoms with Crippen LogP contribution in [0.4, 0.5) is 0 Å². The van der Waals surface area contributed by atoms with E-state index in [2.05, 4.69) is 0 Å². The fraction of sp³-hybridized carbons (Fsp3) is 0.174. The summed E-state index contributed by atoms with van der Waals surface area (Å²) in [6.07, 6.45) is -1.15. The lowest BCUT2D eigenvalue weighted by Crippen LogP contribution is -2.45. The van der Waals surface area contributed by atoms with E-state index in [4.69, 9.17) is 9.47 Å². The maximum atomic E-state index is 12.4. The summed E-state index contributed by atoms with van der Waals surface area (Å²) in [6, 6.07) is 10.5. The number of carbonyl (C=O) groups excluding carboxylic acids is 2. The molecule has 0 spiro atoms. The highest BCUT2D eigenvalue weighted by molar-refractivity contribution is 5.92. The van der Waals surface area contributed by atoms with Crippen LogP contribution in [0.15, 0.2) is 60.2 Å². The van der Waals surface area contributed by atoms with Gasteiger partial charge in [0.15, 0.2) is 23.4 Å². The molecule has 0 saturated heterocycles. The second kappa shape index (κ2) is 9.88. The van der Waals surface area contributed by atoms with E-state index in [1.54, 1.807) is 30.3 Å². The van der Waals surface area contributed by atoms with E-state index in [-0.39, 0.29) is 17.6 Å². The number of hydrogen-bond acceptors (Lipinski definition) is 9. The highest BCUT2D eigenvalue weighted by Crippen LogP contribution is 2.36. The van der Waals surface area contributed by atoms with Crippen molar-refractivity contribution in [1.82, 2.24) is 0 Å². The van der Waals surface area contributed by atoms with Crippen LogP contribution in [0, 0.1) is 0 Å². The maximum absolute atomic E-state index is 12.4. The minimum Gasteiger partial charge on any atom is -0.504 e. The molecule has 0 amide bonds. The zero-order valence-electron chi connectivity index (χ0n) is 17.0. The Labute approximate surface area is 187 Å². The van der Waals surface area contributed by atoms with E-state index in [9.17, 15) is 39.9 Å². The highest BCUT2D eigenvalue weighted by atomic mass is 16.6. The smallest absolute Gasteiger partial charge is 0.339 e. The van der Waals surface area contributed by atoms with Gasteiger partial charge in [0.2, 0.25) is 0 Å². The van der Waals surface area contributed by atoms with Crippen LogP contribution in [0.5, 0.6) is 17.2 Å². The number of ether oxygens (including phenoxy) is 2. The van der Waals surface area contributed by atoms with Crippen molar-refractivity contribution in [1.29, 1.82) is 0 Å². The van der Waals surface area contributed by atoms with Gasteiger partial charge in [-0.15, -0.1) is 0 Å². The summed E-state index contributed by atoms with van der Waals surface area (Å²) in [6.45, 7) is 0. The molecule has 0 fully saturated rings. The Bertz CT molecular complexity index is 1100. The van der Waals surface area contributed by atoms with Gasteiger partial charge >= 0.3 is 17.9 Å². The molecule has 0 heterocycles. The van der Waals surface area contributed by atoms with E-state index < -0.39 is 53.5 Å². The van der Waals surface area contributed by atoms with Crippen LogP contribution >= 0.6 is 0 Å². The van der Waals surface area contributed by atoms with E-state index in [1.165, 1.54) is 6.08 Å². The fourth-order valence-electron chi connectivity index (χ4n) is 3.12. The lowest BCUT2D eigenvalue weighted by atomic mass is 9.92. The molecule has 0 bridgehead atoms. The fourth-order valence-corrected chi connectivity index (χ4v) is 3.12. The van der Waals surface area contributed by atoms with Crippen molar-refractivity contribution in [2.75, 3.05) is 0 Å². The van der Waals surface area contributed by atoms with Crippen LogP contribution in [0.1, 0.15) is 22.3 Å². The molecule has 2 aromatic rings. The molecular formula is C23H20O10. The van der Waals surface area contributed by atoms with Crippen LogP contribution in [-0.2, 0) is 19.1 Å². The molecule has 0 aliphatic heterocycles. The average molecular weight is 456 g/mol. The van der Waals surface area contributed by atoms with Crippen molar-refractivity contribution in [2.24, 2.45) is 0 Å². The molecule has 3 rings (SSSR count). The molecule has 0 unspecified atom stereocenters. The number of carboxylic acid groups (broad SMARTS) is 1. The summed E-state index contributed by atoms with van der Waals surface area (Å²) in [5.41, 5.74) is 0.0986. The molecule has 172 valence electrons. The van der Waals surface area contributed by atoms with E-state index >= 15 is 0 Å². The molecule has 2 aromatic carbocycles. The van der Waals surface area contributed by atoms with Crippen molar-refractivity contribution >= 4 is 24.0 Å². The quantitative estimate of drug-likeness (QED) is 0.245. The molecule has 1 aliphatic rings. The molecule has 0 aromatic heterocycles. The van der Waals surface area contributed by atoms with Crippen LogP contribution in [0.25, 0.3) is 6.08 Å². The number of aliphatic hydroxyl groups excluding tert-OH is 1. The minimum absolute atomic E-state index is 0.251. The molecule has 0 radical (unpaired) electrons. The Morgan fingerprint density at radius 2 is 1.61 bits per heavy atom. The summed E-state index contributed by atoms with van der Waals surface area (Å²) in [4.78, 5) is 36.1. The van der Waals surface area contributed by atoms with Crippen molar-refractivity contribution in [3.63, 3.8) is 0 Å². The third kappa shape index (κ3) is 5.69. The summed E-state index contributed by atoms with van der Waals surface area (Å²) in [5.74, 6) is -5.75. The summed E-state index contributed by atoms with van der Waals surface area (Å²) in [7, 11) is 0. The first-order chi connectivity index (χ1) is 15.7. The molecule has 1 aliphatic carbocycles. The van der Waals surface area contributed by atoms with Gasteiger partial charge in [-0.3, -0.25) is 0 Å². The van der Waals surface area contributed by atoms with Gasteiger partial charge < -0.3 is 35.0 Å². The number of phenolic OH excluding ortho intramolecular Hbond substituents is 3. The third-order valence-electron chi connectivity index (χ3n) is 4.81. The number of aromatic hydroxyl groups is 3. The summed E-state index contributed by atoms with van der Waals surface area (Å²) < 4.78 is 10.3. The van der Waals surface area contributed by atoms with Gasteiger partial charge in [0.25, 0.3) is 0 Å². The van der Waals surface area contributed by atoms with Crippen LogP contribution in [0.3, 0.4) is 0 Å². The monoisotopic (exact) mass is 456 g/mol. The maximum Gasteiger partial charge on any atom is 0.339 e. The van der Waals surface area contributed by atoms with Gasteiger partial charge in [-0.25, -0.2) is 14.4 Å². The number of benzene rings is 2. The van der Waals surface area contributed by atoms with Crippen LogP contribution in [0.2, 0.25) is 0 Å². The predicted molar refractivity (Wildman–Crippen MR) is 112 cm³/mol. The number of aliphatic hydroxyl groups is 1. The number of hydrogen-bond donors (Lipinski definition) is 5. The molecule has 10 nitrogen and oxygen atoms in total. The molecule has 33 heavy (non-hydrogen) atoms. The molecule has 10 heteroatoms. The molecule has 3 atom stereocenters. The number of carbonyl (C=O) groups is 3. The van der Waals surface area contributed by atoms with E-state index in [1.807, 2.05) is 0 Å². The number of rotatable bonds is 6. The zero-order valence-corrected chi connectivity index (χ0v) is 17.0. The van der Waals surface area contributed by atoms with Gasteiger partial charge in [0, 0.05) is 18.1 Å². The predicted octanol–water partition coefficient (Wildman–Crippen LogP) is 1.73. The molecule has 5 N–H and O–H groups in total. The second-order valence-electron chi connectivity index (χ2n) is 7.14. The molecule has 0 saturated carbocycles. The largest absolute Gasteiger partial charge is 0.504 e. The summed E-state index contributed by atoms with van der Waals surface area (Å²) in [5, 5.41) is 48.4. The van der Waals surface area contributed by atoms with Crippen LogP contribution in [-0.4, -0.2) is 61.8 Å². The summed E-state index contributed by atoms with van der Waals surface area (Å²) >= 11 is 0. The van der Waals surface area contributed by atoms with Gasteiger partial charge in [-0.2, -0.15) is 0 Å². The second-order valence-corrected chi connectivity index (χ2v) is 7.14. The lowest BCUT2D eigenvalue weighted by Gasteiger charge is -2.31. The first-order valence-electron chi connectivity index (χ1n) is 9.67. The Balaban J connectivity index is 1.75.